The van der Waals surface area contributed by atoms with Gasteiger partial charge < -0.3 is 25.4 Å². The number of hydrogen-bond donors (Lipinski definition) is 3. The summed E-state index contributed by atoms with van der Waals surface area (Å²) in [7, 11) is 0. The molecule has 0 bridgehead atoms. The summed E-state index contributed by atoms with van der Waals surface area (Å²) in [6.45, 7) is 5.49. The predicted octanol–water partition coefficient (Wildman–Crippen LogP) is 2.73. The predicted molar refractivity (Wildman–Crippen MR) is 149 cm³/mol. The van der Waals surface area contributed by atoms with E-state index >= 15 is 0 Å². The van der Waals surface area contributed by atoms with Gasteiger partial charge in [-0.1, -0.05) is 23.2 Å². The molecule has 0 aliphatic carbocycles. The Balaban J connectivity index is 1.39. The van der Waals surface area contributed by atoms with Crippen molar-refractivity contribution in [1.29, 1.82) is 0 Å². The lowest BCUT2D eigenvalue weighted by molar-refractivity contribution is -0.148. The number of aliphatic hydroxyl groups is 1. The van der Waals surface area contributed by atoms with Crippen molar-refractivity contribution < 1.29 is 24.2 Å². The van der Waals surface area contributed by atoms with Crippen LogP contribution in [0.15, 0.2) is 48.9 Å². The Morgan fingerprint density at radius 1 is 1.00 bits per heavy atom. The highest BCUT2D eigenvalue weighted by molar-refractivity contribution is 6.30. The number of rotatable bonds is 8. The molecule has 0 spiro atoms. The smallest absolute Gasteiger partial charge is 0.302 e. The first kappa shape index (κ1) is 28.9. The zero-order valence-corrected chi connectivity index (χ0v) is 22.9. The molecular formula is C27H30ClN7O5. The average molecular weight is 568 g/mol. The van der Waals surface area contributed by atoms with Gasteiger partial charge in [-0.05, 0) is 37.6 Å². The van der Waals surface area contributed by atoms with Gasteiger partial charge in [0.25, 0.3) is 11.8 Å². The third-order valence-corrected chi connectivity index (χ3v) is 6.44. The second kappa shape index (κ2) is 13.3. The number of carbonyl (C=O) groups is 3. The number of nitrogens with zero attached hydrogens (tertiary/aromatic N) is 5. The molecule has 13 heteroatoms. The highest BCUT2D eigenvalue weighted by Crippen LogP contribution is 2.21. The monoisotopic (exact) mass is 567 g/mol. The van der Waals surface area contributed by atoms with E-state index in [1.165, 1.54) is 25.5 Å². The molecule has 1 atom stereocenters. The largest absolute Gasteiger partial charge is 0.462 e. The molecule has 1 fully saturated rings. The number of benzene rings is 1. The Morgan fingerprint density at radius 3 is 2.52 bits per heavy atom. The summed E-state index contributed by atoms with van der Waals surface area (Å²) in [6.07, 6.45) is 4.21. The van der Waals surface area contributed by atoms with Gasteiger partial charge >= 0.3 is 5.97 Å². The number of aromatic nitrogens is 3. The molecule has 1 aromatic carbocycles. The number of amides is 2. The fourth-order valence-electron chi connectivity index (χ4n) is 4.14. The molecule has 12 nitrogen and oxygen atoms in total. The molecule has 2 aromatic heterocycles. The van der Waals surface area contributed by atoms with Crippen LogP contribution >= 0.6 is 11.6 Å². The summed E-state index contributed by atoms with van der Waals surface area (Å²) in [4.78, 5) is 53.6. The molecule has 0 saturated carbocycles. The van der Waals surface area contributed by atoms with Crippen LogP contribution in [-0.4, -0.2) is 81.8 Å². The topological polar surface area (TPSA) is 150 Å². The van der Waals surface area contributed by atoms with Gasteiger partial charge in [-0.2, -0.15) is 0 Å². The quantitative estimate of drug-likeness (QED) is 0.347. The van der Waals surface area contributed by atoms with E-state index in [0.717, 1.165) is 12.0 Å². The number of nitrogens with one attached hydrogen (secondary N) is 2. The van der Waals surface area contributed by atoms with Gasteiger partial charge in [0.2, 0.25) is 0 Å². The van der Waals surface area contributed by atoms with E-state index in [2.05, 4.69) is 25.6 Å². The molecule has 210 valence electrons. The minimum absolute atomic E-state index is 0.0820. The molecule has 1 saturated heterocycles. The fraction of sp³-hybridized carbons (Fsp3) is 0.333. The average Bonchev–Trinajstić information content (AvgIpc) is 3.20. The van der Waals surface area contributed by atoms with Gasteiger partial charge in [0.15, 0.2) is 0 Å². The summed E-state index contributed by atoms with van der Waals surface area (Å²) in [5.41, 5.74) is 1.50. The number of anilines is 3. The molecule has 1 aliphatic heterocycles. The Hall–Kier alpha value is -4.13. The van der Waals surface area contributed by atoms with Crippen LogP contribution in [0.1, 0.15) is 39.8 Å². The van der Waals surface area contributed by atoms with Crippen LogP contribution in [0.5, 0.6) is 0 Å². The van der Waals surface area contributed by atoms with Crippen molar-refractivity contribution in [1.82, 2.24) is 19.9 Å². The van der Waals surface area contributed by atoms with Gasteiger partial charge in [0.05, 0.1) is 28.7 Å². The highest BCUT2D eigenvalue weighted by Gasteiger charge is 2.23. The third kappa shape index (κ3) is 7.72. The standard InChI is InChI=1S/C27H30ClN7O5/c1-17-4-6-21(20(12-17)26(38)33-23-7-5-19(28)13-30-23)32-27(39)22-14-31-24(15-29-22)34-8-3-9-35(11-10-34)25(37)16-40-18(2)36/h4-7,12-15,25,37H,3,8-11,16H2,1-2H3,(H,32,39)(H,30,33,38). The summed E-state index contributed by atoms with van der Waals surface area (Å²) in [5.74, 6) is -0.475. The van der Waals surface area contributed by atoms with Crippen LogP contribution in [-0.2, 0) is 9.53 Å². The first-order valence-corrected chi connectivity index (χ1v) is 13.0. The van der Waals surface area contributed by atoms with E-state index < -0.39 is 24.0 Å². The lowest BCUT2D eigenvalue weighted by Gasteiger charge is -2.26. The first-order valence-electron chi connectivity index (χ1n) is 12.7. The molecule has 0 radical (unpaired) electrons. The van der Waals surface area contributed by atoms with Crippen molar-refractivity contribution in [3.8, 4) is 0 Å². The molecule has 2 amide bonds. The van der Waals surface area contributed by atoms with Crippen LogP contribution in [0, 0.1) is 6.92 Å². The van der Waals surface area contributed by atoms with E-state index in [1.807, 2.05) is 16.7 Å². The number of aliphatic hydroxyl groups excluding tert-OH is 1. The number of hydrogen-bond acceptors (Lipinski definition) is 10. The lowest BCUT2D eigenvalue weighted by Crippen LogP contribution is -2.41. The molecule has 40 heavy (non-hydrogen) atoms. The Kier molecular flexibility index (Phi) is 9.59. The van der Waals surface area contributed by atoms with Crippen molar-refractivity contribution in [2.45, 2.75) is 26.5 Å². The molecular weight excluding hydrogens is 538 g/mol. The van der Waals surface area contributed by atoms with Crippen LogP contribution in [0.4, 0.5) is 17.3 Å². The van der Waals surface area contributed by atoms with Crippen molar-refractivity contribution in [3.63, 3.8) is 0 Å². The Bertz CT molecular complexity index is 1350. The van der Waals surface area contributed by atoms with E-state index in [-0.39, 0.29) is 17.9 Å². The number of aryl methyl sites for hydroxylation is 1. The van der Waals surface area contributed by atoms with Gasteiger partial charge in [0, 0.05) is 39.3 Å². The number of esters is 1. The summed E-state index contributed by atoms with van der Waals surface area (Å²) >= 11 is 5.86. The number of carbonyl (C=O) groups excluding carboxylic acids is 3. The highest BCUT2D eigenvalue weighted by atomic mass is 35.5. The zero-order chi connectivity index (χ0) is 28.6. The minimum Gasteiger partial charge on any atom is -0.462 e. The minimum atomic E-state index is -0.878. The Labute approximate surface area is 236 Å². The van der Waals surface area contributed by atoms with E-state index in [4.69, 9.17) is 16.3 Å². The fourth-order valence-corrected chi connectivity index (χ4v) is 4.25. The van der Waals surface area contributed by atoms with Crippen molar-refractivity contribution in [2.24, 2.45) is 0 Å². The number of pyridine rings is 1. The number of halogens is 1. The Morgan fingerprint density at radius 2 is 1.82 bits per heavy atom. The molecule has 3 heterocycles. The van der Waals surface area contributed by atoms with Gasteiger partial charge in [0.1, 0.15) is 30.2 Å². The van der Waals surface area contributed by atoms with E-state index in [9.17, 15) is 19.5 Å². The SMILES string of the molecule is CC(=O)OCC(O)N1CCCN(c2cnc(C(=O)Nc3ccc(C)cc3C(=O)Nc3ccc(Cl)cn3)cn2)CC1. The maximum Gasteiger partial charge on any atom is 0.302 e. The number of ether oxygens (including phenoxy) is 1. The molecule has 3 N–H and O–H groups in total. The van der Waals surface area contributed by atoms with Crippen molar-refractivity contribution in [2.75, 3.05) is 48.3 Å². The van der Waals surface area contributed by atoms with Gasteiger partial charge in [-0.25, -0.2) is 15.0 Å². The lowest BCUT2D eigenvalue weighted by atomic mass is 10.1. The van der Waals surface area contributed by atoms with E-state index in [1.54, 1.807) is 30.3 Å². The third-order valence-electron chi connectivity index (χ3n) is 6.22. The van der Waals surface area contributed by atoms with Gasteiger partial charge in [-0.3, -0.25) is 19.3 Å². The normalized spacial score (nSPS) is 14.7. The maximum absolute atomic E-state index is 13.0. The molecule has 1 aliphatic rings. The van der Waals surface area contributed by atoms with Crippen LogP contribution in [0.2, 0.25) is 5.02 Å². The first-order chi connectivity index (χ1) is 19.2. The zero-order valence-electron chi connectivity index (χ0n) is 22.1. The van der Waals surface area contributed by atoms with E-state index in [0.29, 0.717) is 48.5 Å². The van der Waals surface area contributed by atoms with Crippen LogP contribution in [0.3, 0.4) is 0 Å². The molecule has 1 unspecified atom stereocenters. The second-order valence-corrected chi connectivity index (χ2v) is 9.67. The van der Waals surface area contributed by atoms with Gasteiger partial charge in [-0.15, -0.1) is 0 Å². The summed E-state index contributed by atoms with van der Waals surface area (Å²) in [5, 5.41) is 16.2. The molecule has 3 aromatic rings. The maximum atomic E-state index is 13.0. The molecule has 4 rings (SSSR count). The van der Waals surface area contributed by atoms with Crippen molar-refractivity contribution in [3.05, 3.63) is 70.8 Å². The summed E-state index contributed by atoms with van der Waals surface area (Å²) in [6, 6.07) is 8.30. The van der Waals surface area contributed by atoms with Crippen LogP contribution < -0.4 is 15.5 Å². The second-order valence-electron chi connectivity index (χ2n) is 9.24. The summed E-state index contributed by atoms with van der Waals surface area (Å²) < 4.78 is 4.91. The van der Waals surface area contributed by atoms with Crippen molar-refractivity contribution >= 4 is 46.7 Å². The van der Waals surface area contributed by atoms with Crippen LogP contribution in [0.25, 0.3) is 0 Å².